The summed E-state index contributed by atoms with van der Waals surface area (Å²) >= 11 is 0. The van der Waals surface area contributed by atoms with Gasteiger partial charge in [0.25, 0.3) is 5.91 Å². The maximum Gasteiger partial charge on any atom is 0.264 e. The van der Waals surface area contributed by atoms with Gasteiger partial charge in [-0.25, -0.2) is 4.98 Å². The number of pyridine rings is 1. The van der Waals surface area contributed by atoms with Crippen molar-refractivity contribution in [1.82, 2.24) is 15.2 Å². The first kappa shape index (κ1) is 22.3. The Morgan fingerprint density at radius 1 is 1.22 bits per heavy atom. The zero-order valence-electron chi connectivity index (χ0n) is 19.1. The minimum Gasteiger partial charge on any atom is -0.436 e. The van der Waals surface area contributed by atoms with Crippen molar-refractivity contribution in [3.05, 3.63) is 47.7 Å². The number of likely N-dealkylation sites (tertiary alicyclic amines) is 1. The SMILES string of the molecule is Cc1ccc2c(c1)N(CC(=O)NCCCN1[C@@H](C)CCC[C@@H]1C)C(=O)c1cccnc1O2. The number of nitrogens with one attached hydrogen (secondary N) is 1. The van der Waals surface area contributed by atoms with Crippen molar-refractivity contribution in [2.24, 2.45) is 0 Å². The highest BCUT2D eigenvalue weighted by atomic mass is 16.5. The molecule has 1 N–H and O–H groups in total. The molecule has 2 aromatic rings. The third kappa shape index (κ3) is 4.78. The number of hydrogen-bond donors (Lipinski definition) is 1. The van der Waals surface area contributed by atoms with E-state index in [4.69, 9.17) is 4.74 Å². The van der Waals surface area contributed by atoms with E-state index in [0.29, 0.717) is 35.6 Å². The second-order valence-electron chi connectivity index (χ2n) is 8.89. The monoisotopic (exact) mass is 436 g/mol. The number of carbonyl (C=O) groups is 2. The van der Waals surface area contributed by atoms with E-state index in [1.165, 1.54) is 24.2 Å². The molecule has 1 fully saturated rings. The lowest BCUT2D eigenvalue weighted by Crippen LogP contribution is -2.45. The van der Waals surface area contributed by atoms with Crippen LogP contribution in [-0.4, -0.2) is 53.4 Å². The summed E-state index contributed by atoms with van der Waals surface area (Å²) in [4.78, 5) is 34.3. The van der Waals surface area contributed by atoms with Crippen LogP contribution >= 0.6 is 0 Å². The molecule has 0 bridgehead atoms. The number of amides is 2. The van der Waals surface area contributed by atoms with E-state index < -0.39 is 0 Å². The maximum absolute atomic E-state index is 13.3. The smallest absolute Gasteiger partial charge is 0.264 e. The molecule has 32 heavy (non-hydrogen) atoms. The highest BCUT2D eigenvalue weighted by Crippen LogP contribution is 2.38. The van der Waals surface area contributed by atoms with Crippen molar-refractivity contribution in [1.29, 1.82) is 0 Å². The van der Waals surface area contributed by atoms with Gasteiger partial charge < -0.3 is 10.1 Å². The second-order valence-corrected chi connectivity index (χ2v) is 8.89. The Bertz CT molecular complexity index is 983. The van der Waals surface area contributed by atoms with Crippen molar-refractivity contribution in [2.45, 2.75) is 58.5 Å². The summed E-state index contributed by atoms with van der Waals surface area (Å²) < 4.78 is 5.91. The molecular weight excluding hydrogens is 404 g/mol. The van der Waals surface area contributed by atoms with Crippen molar-refractivity contribution in [3.63, 3.8) is 0 Å². The van der Waals surface area contributed by atoms with Crippen LogP contribution in [0.4, 0.5) is 5.69 Å². The number of piperidine rings is 1. The minimum atomic E-state index is -0.288. The highest BCUT2D eigenvalue weighted by Gasteiger charge is 2.30. The van der Waals surface area contributed by atoms with Gasteiger partial charge in [-0.05, 0) is 69.9 Å². The van der Waals surface area contributed by atoms with Gasteiger partial charge in [0.2, 0.25) is 11.8 Å². The van der Waals surface area contributed by atoms with Crippen LogP contribution in [0.15, 0.2) is 36.5 Å². The topological polar surface area (TPSA) is 74.8 Å². The molecule has 4 rings (SSSR count). The maximum atomic E-state index is 13.3. The standard InChI is InChI=1S/C25H32N4O3/c1-17-10-11-22-21(15-17)29(25(31)20-9-5-12-27-24(20)32-22)16-23(30)26-13-6-14-28-18(2)7-4-8-19(28)3/h5,9-12,15,18-19H,4,6-8,13-14,16H2,1-3H3,(H,26,30)/t18-,19-/m0/s1. The highest BCUT2D eigenvalue weighted by molar-refractivity contribution is 6.11. The van der Waals surface area contributed by atoms with Crippen molar-refractivity contribution >= 4 is 17.5 Å². The first-order valence-electron chi connectivity index (χ1n) is 11.5. The molecule has 0 unspecified atom stereocenters. The number of hydrogen-bond acceptors (Lipinski definition) is 5. The van der Waals surface area contributed by atoms with Gasteiger partial charge in [-0.2, -0.15) is 0 Å². The van der Waals surface area contributed by atoms with Crippen LogP contribution in [0.2, 0.25) is 0 Å². The van der Waals surface area contributed by atoms with Gasteiger partial charge in [-0.15, -0.1) is 0 Å². The molecule has 2 aliphatic heterocycles. The molecule has 7 nitrogen and oxygen atoms in total. The summed E-state index contributed by atoms with van der Waals surface area (Å²) in [5.41, 5.74) is 1.91. The Balaban J connectivity index is 1.41. The van der Waals surface area contributed by atoms with Crippen molar-refractivity contribution in [2.75, 3.05) is 24.5 Å². The van der Waals surface area contributed by atoms with E-state index in [1.807, 2.05) is 25.1 Å². The lowest BCUT2D eigenvalue weighted by molar-refractivity contribution is -0.119. The van der Waals surface area contributed by atoms with Crippen molar-refractivity contribution in [3.8, 4) is 11.6 Å². The molecule has 0 spiro atoms. The Morgan fingerprint density at radius 3 is 2.78 bits per heavy atom. The summed E-state index contributed by atoms with van der Waals surface area (Å²) in [6.45, 7) is 8.01. The average molecular weight is 437 g/mol. The zero-order chi connectivity index (χ0) is 22.7. The van der Waals surface area contributed by atoms with E-state index >= 15 is 0 Å². The number of aryl methyl sites for hydroxylation is 1. The molecule has 2 atom stereocenters. The van der Waals surface area contributed by atoms with E-state index in [2.05, 4.69) is 29.0 Å². The molecule has 1 aromatic heterocycles. The summed E-state index contributed by atoms with van der Waals surface area (Å²) in [6, 6.07) is 10.2. The molecule has 0 radical (unpaired) electrons. The molecule has 0 aliphatic carbocycles. The quantitative estimate of drug-likeness (QED) is 0.695. The fourth-order valence-electron chi connectivity index (χ4n) is 4.68. The summed E-state index contributed by atoms with van der Waals surface area (Å²) in [7, 11) is 0. The predicted octanol–water partition coefficient (Wildman–Crippen LogP) is 3.91. The fraction of sp³-hybridized carbons (Fsp3) is 0.480. The number of ether oxygens (including phenoxy) is 1. The van der Waals surface area contributed by atoms with Crippen LogP contribution in [0.3, 0.4) is 0 Å². The minimum absolute atomic E-state index is 0.0660. The number of anilines is 1. The van der Waals surface area contributed by atoms with Gasteiger partial charge in [-0.1, -0.05) is 12.5 Å². The average Bonchev–Trinajstić information content (AvgIpc) is 2.88. The van der Waals surface area contributed by atoms with Crippen LogP contribution in [0.5, 0.6) is 11.6 Å². The van der Waals surface area contributed by atoms with E-state index in [0.717, 1.165) is 18.5 Å². The third-order valence-electron chi connectivity index (χ3n) is 6.45. The predicted molar refractivity (Wildman–Crippen MR) is 124 cm³/mol. The third-order valence-corrected chi connectivity index (χ3v) is 6.45. The van der Waals surface area contributed by atoms with Gasteiger partial charge in [-0.3, -0.25) is 19.4 Å². The molecule has 1 saturated heterocycles. The van der Waals surface area contributed by atoms with Gasteiger partial charge in [0, 0.05) is 31.4 Å². The van der Waals surface area contributed by atoms with Gasteiger partial charge in [0.05, 0.1) is 5.69 Å². The van der Waals surface area contributed by atoms with E-state index in [9.17, 15) is 9.59 Å². The van der Waals surface area contributed by atoms with Gasteiger partial charge in [0.15, 0.2) is 5.75 Å². The van der Waals surface area contributed by atoms with Gasteiger partial charge >= 0.3 is 0 Å². The lowest BCUT2D eigenvalue weighted by Gasteiger charge is -2.39. The molecular formula is C25H32N4O3. The number of benzene rings is 1. The summed E-state index contributed by atoms with van der Waals surface area (Å²) in [6.07, 6.45) is 6.26. The van der Waals surface area contributed by atoms with E-state index in [-0.39, 0.29) is 24.2 Å². The number of carbonyl (C=O) groups excluding carboxylic acids is 2. The van der Waals surface area contributed by atoms with E-state index in [1.54, 1.807) is 18.3 Å². The zero-order valence-corrected chi connectivity index (χ0v) is 19.1. The normalized spacial score (nSPS) is 20.7. The second kappa shape index (κ2) is 9.69. The van der Waals surface area contributed by atoms with Crippen LogP contribution < -0.4 is 15.0 Å². The number of nitrogens with zero attached hydrogens (tertiary/aromatic N) is 3. The Hall–Kier alpha value is -2.93. The van der Waals surface area contributed by atoms with Crippen LogP contribution in [0.25, 0.3) is 0 Å². The van der Waals surface area contributed by atoms with Crippen LogP contribution in [0.1, 0.15) is 55.5 Å². The van der Waals surface area contributed by atoms with Crippen LogP contribution in [-0.2, 0) is 4.79 Å². The molecule has 1 aromatic carbocycles. The molecule has 0 saturated carbocycles. The Kier molecular flexibility index (Phi) is 6.74. The molecule has 170 valence electrons. The van der Waals surface area contributed by atoms with Crippen molar-refractivity contribution < 1.29 is 14.3 Å². The molecule has 2 amide bonds. The first-order chi connectivity index (χ1) is 15.4. The summed E-state index contributed by atoms with van der Waals surface area (Å²) in [5, 5.41) is 2.99. The number of aromatic nitrogens is 1. The summed E-state index contributed by atoms with van der Waals surface area (Å²) in [5.74, 6) is 0.305. The molecule has 3 heterocycles. The Labute approximate surface area is 189 Å². The first-order valence-corrected chi connectivity index (χ1v) is 11.5. The number of rotatable bonds is 6. The molecule has 7 heteroatoms. The van der Waals surface area contributed by atoms with Crippen LogP contribution in [0, 0.1) is 6.92 Å². The molecule has 2 aliphatic rings. The number of fused-ring (bicyclic) bond motifs is 2. The fourth-order valence-corrected chi connectivity index (χ4v) is 4.68. The lowest BCUT2D eigenvalue weighted by atomic mass is 9.97. The largest absolute Gasteiger partial charge is 0.436 e. The van der Waals surface area contributed by atoms with Gasteiger partial charge in [0.1, 0.15) is 12.1 Å². The Morgan fingerprint density at radius 2 is 2.00 bits per heavy atom.